The molecular weight excluding hydrogens is 274 g/mol. The molecule has 0 fully saturated rings. The van der Waals surface area contributed by atoms with Gasteiger partial charge in [0.1, 0.15) is 0 Å². The van der Waals surface area contributed by atoms with E-state index in [0.29, 0.717) is 24.5 Å². The van der Waals surface area contributed by atoms with Crippen LogP contribution in [-0.2, 0) is 11.3 Å². The van der Waals surface area contributed by atoms with Crippen LogP contribution in [0.15, 0.2) is 48.7 Å². The number of nitrogens with one attached hydrogen (secondary N) is 2. The summed E-state index contributed by atoms with van der Waals surface area (Å²) < 4.78 is 0. The summed E-state index contributed by atoms with van der Waals surface area (Å²) in [5, 5.41) is 6.65. The van der Waals surface area contributed by atoms with Gasteiger partial charge in [0.05, 0.1) is 5.69 Å². The summed E-state index contributed by atoms with van der Waals surface area (Å²) in [7, 11) is 0. The maximum absolute atomic E-state index is 11.7. The van der Waals surface area contributed by atoms with Gasteiger partial charge in [0.2, 0.25) is 5.91 Å². The Balaban J connectivity index is 1.66. The first-order valence-corrected chi connectivity index (χ1v) is 6.78. The van der Waals surface area contributed by atoms with Crippen LogP contribution in [0.5, 0.6) is 0 Å². The molecule has 1 amide bonds. The summed E-state index contributed by atoms with van der Waals surface area (Å²) in [6.45, 7) is 1.27. The molecule has 0 saturated heterocycles. The summed E-state index contributed by atoms with van der Waals surface area (Å²) in [6, 6.07) is 12.8. The minimum atomic E-state index is -0.0270. The third-order valence-electron chi connectivity index (χ3n) is 2.69. The Labute approximate surface area is 123 Å². The average molecular weight is 290 g/mol. The predicted molar refractivity (Wildman–Crippen MR) is 80.6 cm³/mol. The molecule has 20 heavy (non-hydrogen) atoms. The third kappa shape index (κ3) is 4.99. The van der Waals surface area contributed by atoms with Crippen LogP contribution in [-0.4, -0.2) is 17.4 Å². The van der Waals surface area contributed by atoms with E-state index in [9.17, 15) is 4.79 Å². The molecule has 1 aromatic carbocycles. The molecule has 0 aliphatic carbocycles. The fourth-order valence-corrected chi connectivity index (χ4v) is 1.80. The predicted octanol–water partition coefficient (Wildman–Crippen LogP) is 2.85. The van der Waals surface area contributed by atoms with Gasteiger partial charge in [-0.05, 0) is 36.4 Å². The number of pyridine rings is 1. The number of nitrogens with zero attached hydrogens (tertiary/aromatic N) is 1. The van der Waals surface area contributed by atoms with E-state index in [1.807, 2.05) is 18.2 Å². The summed E-state index contributed by atoms with van der Waals surface area (Å²) >= 11 is 5.78. The van der Waals surface area contributed by atoms with Crippen LogP contribution in [0, 0.1) is 0 Å². The summed E-state index contributed by atoms with van der Waals surface area (Å²) in [5.74, 6) is -0.0270. The molecule has 0 bridgehead atoms. The second-order valence-electron chi connectivity index (χ2n) is 4.30. The SMILES string of the molecule is O=C(CCNCc1ccccn1)Nc1ccc(Cl)cc1. The molecule has 0 aliphatic heterocycles. The van der Waals surface area contributed by atoms with Crippen molar-refractivity contribution >= 4 is 23.2 Å². The highest BCUT2D eigenvalue weighted by atomic mass is 35.5. The number of benzene rings is 1. The van der Waals surface area contributed by atoms with E-state index in [2.05, 4.69) is 15.6 Å². The highest BCUT2D eigenvalue weighted by Crippen LogP contribution is 2.13. The van der Waals surface area contributed by atoms with E-state index in [4.69, 9.17) is 11.6 Å². The van der Waals surface area contributed by atoms with Crippen molar-refractivity contribution in [1.29, 1.82) is 0 Å². The minimum Gasteiger partial charge on any atom is -0.326 e. The van der Waals surface area contributed by atoms with Crippen LogP contribution in [0.1, 0.15) is 12.1 Å². The van der Waals surface area contributed by atoms with E-state index < -0.39 is 0 Å². The van der Waals surface area contributed by atoms with Crippen LogP contribution in [0.2, 0.25) is 5.02 Å². The molecule has 2 rings (SSSR count). The van der Waals surface area contributed by atoms with Crippen LogP contribution in [0.25, 0.3) is 0 Å². The molecule has 2 aromatic rings. The van der Waals surface area contributed by atoms with Crippen molar-refractivity contribution in [3.63, 3.8) is 0 Å². The topological polar surface area (TPSA) is 54.0 Å². The molecule has 5 heteroatoms. The quantitative estimate of drug-likeness (QED) is 0.804. The minimum absolute atomic E-state index is 0.0270. The lowest BCUT2D eigenvalue weighted by molar-refractivity contribution is -0.116. The molecule has 4 nitrogen and oxygen atoms in total. The Bertz CT molecular complexity index is 543. The lowest BCUT2D eigenvalue weighted by atomic mass is 10.3. The standard InChI is InChI=1S/C15H16ClN3O/c16-12-4-6-13(7-5-12)19-15(20)8-10-17-11-14-3-1-2-9-18-14/h1-7,9,17H,8,10-11H2,(H,19,20). The van der Waals surface area contributed by atoms with Gasteiger partial charge >= 0.3 is 0 Å². The van der Waals surface area contributed by atoms with Crippen molar-refractivity contribution in [2.45, 2.75) is 13.0 Å². The van der Waals surface area contributed by atoms with Gasteiger partial charge in [-0.1, -0.05) is 17.7 Å². The molecule has 1 aromatic heterocycles. The molecule has 0 aliphatic rings. The maximum atomic E-state index is 11.7. The number of halogens is 1. The Morgan fingerprint density at radius 3 is 2.65 bits per heavy atom. The first-order chi connectivity index (χ1) is 9.74. The van der Waals surface area contributed by atoms with Crippen molar-refractivity contribution in [2.75, 3.05) is 11.9 Å². The molecular formula is C15H16ClN3O. The maximum Gasteiger partial charge on any atom is 0.225 e. The van der Waals surface area contributed by atoms with Crippen molar-refractivity contribution in [2.24, 2.45) is 0 Å². The lowest BCUT2D eigenvalue weighted by Crippen LogP contribution is -2.21. The van der Waals surface area contributed by atoms with Gasteiger partial charge in [-0.2, -0.15) is 0 Å². The monoisotopic (exact) mass is 289 g/mol. The van der Waals surface area contributed by atoms with Gasteiger partial charge < -0.3 is 10.6 Å². The summed E-state index contributed by atoms with van der Waals surface area (Å²) in [6.07, 6.45) is 2.17. The Morgan fingerprint density at radius 1 is 1.15 bits per heavy atom. The van der Waals surface area contributed by atoms with E-state index in [-0.39, 0.29) is 5.91 Å². The number of aromatic nitrogens is 1. The Morgan fingerprint density at radius 2 is 1.95 bits per heavy atom. The van der Waals surface area contributed by atoms with Crippen LogP contribution in [0.3, 0.4) is 0 Å². The highest BCUT2D eigenvalue weighted by molar-refractivity contribution is 6.30. The zero-order valence-corrected chi connectivity index (χ0v) is 11.7. The van der Waals surface area contributed by atoms with Crippen LogP contribution in [0.4, 0.5) is 5.69 Å². The molecule has 0 radical (unpaired) electrons. The number of anilines is 1. The van der Waals surface area contributed by atoms with Crippen LogP contribution < -0.4 is 10.6 Å². The fraction of sp³-hybridized carbons (Fsp3) is 0.200. The summed E-state index contributed by atoms with van der Waals surface area (Å²) in [4.78, 5) is 15.9. The Hall–Kier alpha value is -1.91. The van der Waals surface area contributed by atoms with Crippen LogP contribution >= 0.6 is 11.6 Å². The fourth-order valence-electron chi connectivity index (χ4n) is 1.68. The first kappa shape index (κ1) is 14.5. The molecule has 0 spiro atoms. The normalized spacial score (nSPS) is 10.2. The highest BCUT2D eigenvalue weighted by Gasteiger charge is 2.02. The van der Waals surface area contributed by atoms with E-state index >= 15 is 0 Å². The van der Waals surface area contributed by atoms with Gasteiger partial charge in [0, 0.05) is 36.4 Å². The summed E-state index contributed by atoms with van der Waals surface area (Å²) in [5.41, 5.74) is 1.72. The van der Waals surface area contributed by atoms with E-state index in [1.165, 1.54) is 0 Å². The number of carbonyl (C=O) groups is 1. The second-order valence-corrected chi connectivity index (χ2v) is 4.74. The van der Waals surface area contributed by atoms with Gasteiger partial charge in [0.15, 0.2) is 0 Å². The zero-order valence-electron chi connectivity index (χ0n) is 11.0. The van der Waals surface area contributed by atoms with Crippen molar-refractivity contribution in [3.05, 3.63) is 59.4 Å². The molecule has 0 unspecified atom stereocenters. The number of rotatable bonds is 6. The second kappa shape index (κ2) is 7.62. The smallest absolute Gasteiger partial charge is 0.225 e. The number of hydrogen-bond acceptors (Lipinski definition) is 3. The number of amides is 1. The van der Waals surface area contributed by atoms with Crippen molar-refractivity contribution < 1.29 is 4.79 Å². The molecule has 104 valence electrons. The number of carbonyl (C=O) groups excluding carboxylic acids is 1. The van der Waals surface area contributed by atoms with E-state index in [1.54, 1.807) is 30.5 Å². The van der Waals surface area contributed by atoms with Gasteiger partial charge in [-0.15, -0.1) is 0 Å². The van der Waals surface area contributed by atoms with Crippen molar-refractivity contribution in [1.82, 2.24) is 10.3 Å². The largest absolute Gasteiger partial charge is 0.326 e. The molecule has 1 heterocycles. The van der Waals surface area contributed by atoms with E-state index in [0.717, 1.165) is 11.4 Å². The molecule has 0 saturated carbocycles. The lowest BCUT2D eigenvalue weighted by Gasteiger charge is -2.06. The Kier molecular flexibility index (Phi) is 5.53. The zero-order chi connectivity index (χ0) is 14.2. The number of hydrogen-bond donors (Lipinski definition) is 2. The third-order valence-corrected chi connectivity index (χ3v) is 2.94. The van der Waals surface area contributed by atoms with Gasteiger partial charge in [-0.3, -0.25) is 9.78 Å². The van der Waals surface area contributed by atoms with Gasteiger partial charge in [0.25, 0.3) is 0 Å². The van der Waals surface area contributed by atoms with Gasteiger partial charge in [-0.25, -0.2) is 0 Å². The average Bonchev–Trinajstić information content (AvgIpc) is 2.47. The molecule has 0 atom stereocenters. The molecule has 2 N–H and O–H groups in total. The first-order valence-electron chi connectivity index (χ1n) is 6.40. The van der Waals surface area contributed by atoms with Crippen molar-refractivity contribution in [3.8, 4) is 0 Å².